The maximum atomic E-state index is 13.7. The Morgan fingerprint density at radius 3 is 2.57 bits per heavy atom. The molecule has 3 nitrogen and oxygen atoms in total. The second-order valence-corrected chi connectivity index (χ2v) is 5.47. The van der Waals surface area contributed by atoms with E-state index < -0.39 is 23.1 Å². The first-order chi connectivity index (χ1) is 10.1. The Morgan fingerprint density at radius 2 is 2.00 bits per heavy atom. The van der Waals surface area contributed by atoms with Crippen LogP contribution in [0.1, 0.15) is 37.0 Å². The predicted molar refractivity (Wildman–Crippen MR) is 78.1 cm³/mol. The number of carbonyl (C=O) groups is 1. The second kappa shape index (κ2) is 6.98. The van der Waals surface area contributed by atoms with Crippen LogP contribution in [0.5, 0.6) is 0 Å². The van der Waals surface area contributed by atoms with Crippen molar-refractivity contribution in [2.75, 3.05) is 19.6 Å². The molecule has 0 saturated carbocycles. The van der Waals surface area contributed by atoms with Crippen LogP contribution < -0.4 is 5.32 Å². The van der Waals surface area contributed by atoms with Gasteiger partial charge in [-0.15, -0.1) is 0 Å². The summed E-state index contributed by atoms with van der Waals surface area (Å²) < 4.78 is 27.5. The first-order valence-corrected chi connectivity index (χ1v) is 7.55. The van der Waals surface area contributed by atoms with Crippen LogP contribution in [0.3, 0.4) is 0 Å². The van der Waals surface area contributed by atoms with Crippen molar-refractivity contribution in [3.05, 3.63) is 35.4 Å². The molecule has 2 atom stereocenters. The average Bonchev–Trinajstić information content (AvgIpc) is 2.47. The molecule has 1 N–H and O–H groups in total. The first-order valence-electron chi connectivity index (χ1n) is 7.55. The number of benzene rings is 1. The lowest BCUT2D eigenvalue weighted by Gasteiger charge is -2.38. The van der Waals surface area contributed by atoms with Gasteiger partial charge in [-0.25, -0.2) is 8.78 Å². The molecule has 1 aliphatic heterocycles. The summed E-state index contributed by atoms with van der Waals surface area (Å²) in [5.74, 6) is -1.81. The number of likely N-dealkylation sites (tertiary alicyclic amines) is 1. The van der Waals surface area contributed by atoms with Gasteiger partial charge < -0.3 is 10.2 Å². The van der Waals surface area contributed by atoms with Gasteiger partial charge >= 0.3 is 0 Å². The van der Waals surface area contributed by atoms with E-state index in [-0.39, 0.29) is 0 Å². The highest BCUT2D eigenvalue weighted by atomic mass is 19.1. The van der Waals surface area contributed by atoms with E-state index in [1.165, 1.54) is 6.07 Å². The number of nitrogens with one attached hydrogen (secondary N) is 1. The minimum absolute atomic E-state index is 0.317. The molecule has 1 saturated heterocycles. The van der Waals surface area contributed by atoms with E-state index in [0.29, 0.717) is 25.0 Å². The highest BCUT2D eigenvalue weighted by Crippen LogP contribution is 2.23. The molecule has 0 spiro atoms. The van der Waals surface area contributed by atoms with Crippen LogP contribution >= 0.6 is 0 Å². The lowest BCUT2D eigenvalue weighted by molar-refractivity contribution is 0.0618. The summed E-state index contributed by atoms with van der Waals surface area (Å²) >= 11 is 0. The third kappa shape index (κ3) is 3.40. The van der Waals surface area contributed by atoms with Crippen molar-refractivity contribution in [1.82, 2.24) is 10.2 Å². The summed E-state index contributed by atoms with van der Waals surface area (Å²) in [6.45, 7) is 6.09. The summed E-state index contributed by atoms with van der Waals surface area (Å²) in [6.07, 6.45) is 1.75. The van der Waals surface area contributed by atoms with E-state index in [1.807, 2.05) is 0 Å². The zero-order valence-corrected chi connectivity index (χ0v) is 12.5. The van der Waals surface area contributed by atoms with E-state index in [2.05, 4.69) is 19.2 Å². The summed E-state index contributed by atoms with van der Waals surface area (Å²) in [6, 6.07) is 3.89. The summed E-state index contributed by atoms with van der Waals surface area (Å²) in [5, 5.41) is 3.42. The summed E-state index contributed by atoms with van der Waals surface area (Å²) in [7, 11) is 0. The van der Waals surface area contributed by atoms with Crippen LogP contribution in [-0.4, -0.2) is 36.5 Å². The number of piperidine rings is 1. The molecular weight excluding hydrogens is 274 g/mol. The zero-order valence-electron chi connectivity index (χ0n) is 12.5. The molecule has 1 aliphatic rings. The van der Waals surface area contributed by atoms with Crippen molar-refractivity contribution in [1.29, 1.82) is 0 Å². The van der Waals surface area contributed by atoms with Crippen molar-refractivity contribution in [3.63, 3.8) is 0 Å². The minimum atomic E-state index is -0.790. The number of hydrogen-bond acceptors (Lipinski definition) is 2. The van der Waals surface area contributed by atoms with E-state index >= 15 is 0 Å². The predicted octanol–water partition coefficient (Wildman–Crippen LogP) is 2.82. The Hall–Kier alpha value is -1.49. The molecule has 21 heavy (non-hydrogen) atoms. The highest BCUT2D eigenvalue weighted by Gasteiger charge is 2.32. The van der Waals surface area contributed by atoms with Gasteiger partial charge in [0.2, 0.25) is 0 Å². The normalized spacial score (nSPS) is 22.4. The van der Waals surface area contributed by atoms with Crippen LogP contribution in [0.2, 0.25) is 0 Å². The number of amides is 1. The fourth-order valence-electron chi connectivity index (χ4n) is 3.02. The molecule has 1 aromatic carbocycles. The molecule has 1 heterocycles. The molecule has 0 aromatic heterocycles. The zero-order chi connectivity index (χ0) is 15.4. The maximum absolute atomic E-state index is 13.7. The smallest absolute Gasteiger partial charge is 0.259 e. The average molecular weight is 296 g/mol. The fraction of sp³-hybridized carbons (Fsp3) is 0.562. The molecule has 0 radical (unpaired) electrons. The molecule has 2 rings (SSSR count). The third-order valence-electron chi connectivity index (χ3n) is 4.19. The number of rotatable bonds is 4. The van der Waals surface area contributed by atoms with Gasteiger partial charge in [-0.05, 0) is 31.0 Å². The van der Waals surface area contributed by atoms with Gasteiger partial charge in [0.1, 0.15) is 17.2 Å². The van der Waals surface area contributed by atoms with Gasteiger partial charge in [0.05, 0.1) is 0 Å². The fourth-order valence-corrected chi connectivity index (χ4v) is 3.02. The topological polar surface area (TPSA) is 32.3 Å². The summed E-state index contributed by atoms with van der Waals surface area (Å²) in [5.41, 5.74) is -0.436. The number of halogens is 2. The first kappa shape index (κ1) is 15.9. The molecule has 0 bridgehead atoms. The Kier molecular flexibility index (Phi) is 5.28. The van der Waals surface area contributed by atoms with Gasteiger partial charge in [-0.1, -0.05) is 26.3 Å². The van der Waals surface area contributed by atoms with Crippen molar-refractivity contribution in [3.8, 4) is 0 Å². The van der Waals surface area contributed by atoms with Crippen molar-refractivity contribution >= 4 is 5.91 Å². The molecule has 5 heteroatoms. The Balaban J connectivity index is 2.14. The maximum Gasteiger partial charge on any atom is 0.259 e. The third-order valence-corrected chi connectivity index (χ3v) is 4.19. The molecule has 0 aliphatic carbocycles. The van der Waals surface area contributed by atoms with E-state index in [9.17, 15) is 13.6 Å². The van der Waals surface area contributed by atoms with E-state index in [0.717, 1.165) is 31.5 Å². The standard InChI is InChI=1S/C16H22F2N2O/c1-3-11-10-20(9-8-14(11)19-4-2)16(21)15-12(17)6-5-7-13(15)18/h5-7,11,14,19H,3-4,8-10H2,1-2H3. The molecule has 1 aromatic rings. The molecule has 2 unspecified atom stereocenters. The van der Waals surface area contributed by atoms with Gasteiger partial charge in [-0.2, -0.15) is 0 Å². The van der Waals surface area contributed by atoms with Crippen LogP contribution in [0, 0.1) is 17.6 Å². The molecule has 1 fully saturated rings. The quantitative estimate of drug-likeness (QED) is 0.926. The number of nitrogens with zero attached hydrogens (tertiary/aromatic N) is 1. The largest absolute Gasteiger partial charge is 0.338 e. The molecular formula is C16H22F2N2O. The van der Waals surface area contributed by atoms with Gasteiger partial charge in [0.15, 0.2) is 0 Å². The number of carbonyl (C=O) groups excluding carboxylic acids is 1. The lowest BCUT2D eigenvalue weighted by Crippen LogP contribution is -2.51. The van der Waals surface area contributed by atoms with E-state index in [1.54, 1.807) is 4.90 Å². The Bertz CT molecular complexity index is 487. The van der Waals surface area contributed by atoms with Gasteiger partial charge in [-0.3, -0.25) is 4.79 Å². The van der Waals surface area contributed by atoms with Crippen molar-refractivity contribution in [2.45, 2.75) is 32.7 Å². The lowest BCUT2D eigenvalue weighted by atomic mass is 9.89. The number of hydrogen-bond donors (Lipinski definition) is 1. The van der Waals surface area contributed by atoms with Crippen LogP contribution in [0.25, 0.3) is 0 Å². The highest BCUT2D eigenvalue weighted by molar-refractivity contribution is 5.94. The van der Waals surface area contributed by atoms with Gasteiger partial charge in [0.25, 0.3) is 5.91 Å². The van der Waals surface area contributed by atoms with Crippen LogP contribution in [0.15, 0.2) is 18.2 Å². The van der Waals surface area contributed by atoms with Crippen molar-refractivity contribution in [2.24, 2.45) is 5.92 Å². The monoisotopic (exact) mass is 296 g/mol. The van der Waals surface area contributed by atoms with Crippen LogP contribution in [0.4, 0.5) is 8.78 Å². The Morgan fingerprint density at radius 1 is 1.33 bits per heavy atom. The van der Waals surface area contributed by atoms with Crippen molar-refractivity contribution < 1.29 is 13.6 Å². The second-order valence-electron chi connectivity index (χ2n) is 5.47. The minimum Gasteiger partial charge on any atom is -0.338 e. The van der Waals surface area contributed by atoms with E-state index in [4.69, 9.17) is 0 Å². The van der Waals surface area contributed by atoms with Gasteiger partial charge in [0, 0.05) is 19.1 Å². The summed E-state index contributed by atoms with van der Waals surface area (Å²) in [4.78, 5) is 14.0. The molecule has 1 amide bonds. The van der Waals surface area contributed by atoms with Crippen LogP contribution in [-0.2, 0) is 0 Å². The SMILES string of the molecule is CCNC1CCN(C(=O)c2c(F)cccc2F)CC1CC. The Labute approximate surface area is 124 Å². The molecule has 116 valence electrons.